The van der Waals surface area contributed by atoms with Gasteiger partial charge in [-0.2, -0.15) is 0 Å². The molecule has 3 rings (SSSR count). The number of aliphatic hydroxyl groups excluding tert-OH is 1. The molecule has 6 nitrogen and oxygen atoms in total. The molecule has 6 heteroatoms. The normalized spacial score (nSPS) is 12.8. The van der Waals surface area contributed by atoms with E-state index in [2.05, 4.69) is 5.32 Å². The maximum absolute atomic E-state index is 12.5. The summed E-state index contributed by atoms with van der Waals surface area (Å²) in [6.07, 6.45) is 2.87. The van der Waals surface area contributed by atoms with Gasteiger partial charge >= 0.3 is 0 Å². The minimum absolute atomic E-state index is 0.0275. The monoisotopic (exact) mass is 396 g/mol. The fourth-order valence-electron chi connectivity index (χ4n) is 3.48. The maximum Gasteiger partial charge on any atom is 0.224 e. The van der Waals surface area contributed by atoms with E-state index in [1.807, 2.05) is 48.5 Å². The molecule has 1 aliphatic heterocycles. The van der Waals surface area contributed by atoms with Crippen LogP contribution in [0, 0.1) is 0 Å². The number of carbonyl (C=O) groups is 2. The van der Waals surface area contributed by atoms with Crippen molar-refractivity contribution in [2.24, 2.45) is 0 Å². The van der Waals surface area contributed by atoms with Gasteiger partial charge in [0.2, 0.25) is 11.8 Å². The Hall–Kier alpha value is -2.86. The van der Waals surface area contributed by atoms with Crippen molar-refractivity contribution in [3.63, 3.8) is 0 Å². The van der Waals surface area contributed by atoms with Crippen molar-refractivity contribution in [1.82, 2.24) is 4.90 Å². The summed E-state index contributed by atoms with van der Waals surface area (Å²) in [5.41, 5.74) is 3.00. The van der Waals surface area contributed by atoms with Gasteiger partial charge in [0.15, 0.2) is 0 Å². The lowest BCUT2D eigenvalue weighted by Crippen LogP contribution is -2.35. The van der Waals surface area contributed by atoms with Crippen LogP contribution in [0.4, 0.5) is 5.69 Å². The molecule has 154 valence electrons. The number of rotatable bonds is 10. The molecule has 2 aromatic carbocycles. The Kier molecular flexibility index (Phi) is 7.64. The smallest absolute Gasteiger partial charge is 0.224 e. The summed E-state index contributed by atoms with van der Waals surface area (Å²) >= 11 is 0. The summed E-state index contributed by atoms with van der Waals surface area (Å²) < 4.78 is 5.89. The Morgan fingerprint density at radius 2 is 1.90 bits per heavy atom. The fourth-order valence-corrected chi connectivity index (χ4v) is 3.48. The highest BCUT2D eigenvalue weighted by Crippen LogP contribution is 2.31. The van der Waals surface area contributed by atoms with E-state index < -0.39 is 0 Å². The van der Waals surface area contributed by atoms with E-state index in [1.165, 1.54) is 5.56 Å². The van der Waals surface area contributed by atoms with Crippen molar-refractivity contribution in [3.05, 3.63) is 59.7 Å². The number of hydrogen-bond acceptors (Lipinski definition) is 4. The number of hydrogen-bond donors (Lipinski definition) is 2. The number of aliphatic hydroxyl groups is 1. The molecule has 0 spiro atoms. The van der Waals surface area contributed by atoms with Crippen molar-refractivity contribution < 1.29 is 19.4 Å². The first kappa shape index (κ1) is 20.9. The van der Waals surface area contributed by atoms with Crippen LogP contribution >= 0.6 is 0 Å². The minimum Gasteiger partial charge on any atom is -0.493 e. The van der Waals surface area contributed by atoms with Gasteiger partial charge in [-0.1, -0.05) is 36.4 Å². The second-order valence-corrected chi connectivity index (χ2v) is 7.12. The standard InChI is InChI=1S/C23H28N2O4/c26-16-15-25(14-13-18-6-2-1-3-7-18)23(28)10-5-17-29-21-9-4-8-20-19(21)11-12-22(27)24-20/h1-4,6-9,26H,5,10-17H2,(H,24,27). The van der Waals surface area contributed by atoms with Crippen LogP contribution in [0.3, 0.4) is 0 Å². The number of fused-ring (bicyclic) bond motifs is 1. The third kappa shape index (κ3) is 6.06. The molecule has 1 aliphatic rings. The van der Waals surface area contributed by atoms with Crippen molar-refractivity contribution in [2.45, 2.75) is 32.1 Å². The summed E-state index contributed by atoms with van der Waals surface area (Å²) in [4.78, 5) is 25.8. The van der Waals surface area contributed by atoms with E-state index in [0.29, 0.717) is 45.4 Å². The zero-order valence-corrected chi connectivity index (χ0v) is 16.6. The summed E-state index contributed by atoms with van der Waals surface area (Å²) in [5, 5.41) is 12.1. The molecule has 0 atom stereocenters. The number of anilines is 1. The topological polar surface area (TPSA) is 78.9 Å². The van der Waals surface area contributed by atoms with Crippen molar-refractivity contribution in [3.8, 4) is 5.75 Å². The van der Waals surface area contributed by atoms with Crippen molar-refractivity contribution in [1.29, 1.82) is 0 Å². The first-order valence-corrected chi connectivity index (χ1v) is 10.1. The predicted octanol–water partition coefficient (Wildman–Crippen LogP) is 2.79. The van der Waals surface area contributed by atoms with Gasteiger partial charge < -0.3 is 20.1 Å². The van der Waals surface area contributed by atoms with E-state index in [1.54, 1.807) is 4.90 Å². The molecule has 1 heterocycles. The highest BCUT2D eigenvalue weighted by Gasteiger charge is 2.18. The Bertz CT molecular complexity index is 823. The van der Waals surface area contributed by atoms with Gasteiger partial charge in [0.25, 0.3) is 0 Å². The van der Waals surface area contributed by atoms with Crippen LogP contribution in [0.5, 0.6) is 5.75 Å². The van der Waals surface area contributed by atoms with Crippen molar-refractivity contribution >= 4 is 17.5 Å². The molecule has 0 unspecified atom stereocenters. The lowest BCUT2D eigenvalue weighted by atomic mass is 10.0. The van der Waals surface area contributed by atoms with E-state index in [4.69, 9.17) is 4.74 Å². The van der Waals surface area contributed by atoms with Crippen LogP contribution in [0.2, 0.25) is 0 Å². The number of ether oxygens (including phenoxy) is 1. The summed E-state index contributed by atoms with van der Waals surface area (Å²) in [6, 6.07) is 15.7. The Labute approximate surface area is 171 Å². The van der Waals surface area contributed by atoms with Crippen LogP contribution in [0.15, 0.2) is 48.5 Å². The Morgan fingerprint density at radius 3 is 2.69 bits per heavy atom. The summed E-state index contributed by atoms with van der Waals surface area (Å²) in [5.74, 6) is 0.826. The summed E-state index contributed by atoms with van der Waals surface area (Å²) in [7, 11) is 0. The molecule has 0 saturated carbocycles. The highest BCUT2D eigenvalue weighted by atomic mass is 16.5. The molecule has 0 saturated heterocycles. The molecule has 0 bridgehead atoms. The fraction of sp³-hybridized carbons (Fsp3) is 0.391. The number of carbonyl (C=O) groups excluding carboxylic acids is 2. The second kappa shape index (κ2) is 10.6. The summed E-state index contributed by atoms with van der Waals surface area (Å²) in [6.45, 7) is 1.33. The molecule has 0 radical (unpaired) electrons. The molecule has 2 aromatic rings. The van der Waals surface area contributed by atoms with Gasteiger partial charge in [0.1, 0.15) is 5.75 Å². The number of amides is 2. The van der Waals surface area contributed by atoms with E-state index in [0.717, 1.165) is 23.4 Å². The number of nitrogens with one attached hydrogen (secondary N) is 1. The highest BCUT2D eigenvalue weighted by molar-refractivity contribution is 5.94. The zero-order valence-electron chi connectivity index (χ0n) is 16.6. The molecule has 2 amide bonds. The molecular formula is C23H28N2O4. The Balaban J connectivity index is 1.46. The molecule has 0 aliphatic carbocycles. The second-order valence-electron chi connectivity index (χ2n) is 7.12. The third-order valence-electron chi connectivity index (χ3n) is 5.04. The quantitative estimate of drug-likeness (QED) is 0.606. The van der Waals surface area contributed by atoms with E-state index >= 15 is 0 Å². The molecule has 0 fully saturated rings. The maximum atomic E-state index is 12.5. The van der Waals surface area contributed by atoms with Crippen LogP contribution in [-0.2, 0) is 22.4 Å². The first-order valence-electron chi connectivity index (χ1n) is 10.1. The van der Waals surface area contributed by atoms with Crippen LogP contribution in [0.1, 0.15) is 30.4 Å². The van der Waals surface area contributed by atoms with E-state index in [-0.39, 0.29) is 18.4 Å². The molecule has 2 N–H and O–H groups in total. The lowest BCUT2D eigenvalue weighted by Gasteiger charge is -2.22. The average Bonchev–Trinajstić information content (AvgIpc) is 2.74. The van der Waals surface area contributed by atoms with Crippen LogP contribution in [0.25, 0.3) is 0 Å². The first-order chi connectivity index (χ1) is 14.2. The molecular weight excluding hydrogens is 368 g/mol. The molecule has 29 heavy (non-hydrogen) atoms. The van der Waals surface area contributed by atoms with Gasteiger partial charge in [0, 0.05) is 37.2 Å². The number of nitrogens with zero attached hydrogens (tertiary/aromatic N) is 1. The zero-order chi connectivity index (χ0) is 20.5. The van der Waals surface area contributed by atoms with Crippen molar-refractivity contribution in [2.75, 3.05) is 31.6 Å². The third-order valence-corrected chi connectivity index (χ3v) is 5.04. The van der Waals surface area contributed by atoms with Gasteiger partial charge in [-0.15, -0.1) is 0 Å². The van der Waals surface area contributed by atoms with Gasteiger partial charge in [-0.25, -0.2) is 0 Å². The van der Waals surface area contributed by atoms with Crippen LogP contribution < -0.4 is 10.1 Å². The van der Waals surface area contributed by atoms with Gasteiger partial charge in [-0.05, 0) is 37.0 Å². The van der Waals surface area contributed by atoms with Crippen LogP contribution in [-0.4, -0.2) is 48.1 Å². The van der Waals surface area contributed by atoms with Gasteiger partial charge in [0.05, 0.1) is 13.2 Å². The SMILES string of the molecule is O=C1CCc2c(cccc2OCCCC(=O)N(CCO)CCc2ccccc2)N1. The average molecular weight is 396 g/mol. The predicted molar refractivity (Wildman–Crippen MR) is 112 cm³/mol. The lowest BCUT2D eigenvalue weighted by molar-refractivity contribution is -0.132. The molecule has 0 aromatic heterocycles. The van der Waals surface area contributed by atoms with Gasteiger partial charge in [-0.3, -0.25) is 9.59 Å². The number of benzene rings is 2. The largest absolute Gasteiger partial charge is 0.493 e. The van der Waals surface area contributed by atoms with E-state index in [9.17, 15) is 14.7 Å². The Morgan fingerprint density at radius 1 is 1.07 bits per heavy atom. The minimum atomic E-state index is -0.0428.